The topological polar surface area (TPSA) is 62.3 Å². The van der Waals surface area contributed by atoms with Gasteiger partial charge in [0.2, 0.25) is 5.91 Å². The van der Waals surface area contributed by atoms with E-state index < -0.39 is 0 Å². The van der Waals surface area contributed by atoms with E-state index in [1.54, 1.807) is 13.1 Å². The molecule has 2 aromatic rings. The highest BCUT2D eigenvalue weighted by Gasteiger charge is 2.30. The molecule has 25 heavy (non-hydrogen) atoms. The Morgan fingerprint density at radius 3 is 2.60 bits per heavy atom. The molecule has 0 radical (unpaired) electrons. The molecule has 1 aliphatic carbocycles. The van der Waals surface area contributed by atoms with Crippen molar-refractivity contribution in [3.8, 4) is 0 Å². The van der Waals surface area contributed by atoms with Crippen molar-refractivity contribution in [2.24, 2.45) is 0 Å². The van der Waals surface area contributed by atoms with Gasteiger partial charge < -0.3 is 10.2 Å². The molecule has 1 aromatic carbocycles. The zero-order valence-electron chi connectivity index (χ0n) is 14.6. The summed E-state index contributed by atoms with van der Waals surface area (Å²) in [6, 6.07) is 8.09. The molecule has 5 nitrogen and oxygen atoms in total. The Balaban J connectivity index is 1.59. The van der Waals surface area contributed by atoms with Crippen LogP contribution < -0.4 is 5.32 Å². The van der Waals surface area contributed by atoms with E-state index in [1.807, 2.05) is 29.2 Å². The first-order valence-corrected chi connectivity index (χ1v) is 9.50. The third kappa shape index (κ3) is 4.66. The van der Waals surface area contributed by atoms with E-state index in [0.29, 0.717) is 17.5 Å². The Morgan fingerprint density at radius 1 is 1.28 bits per heavy atom. The van der Waals surface area contributed by atoms with Crippen LogP contribution in [0.3, 0.4) is 0 Å². The number of thiazole rings is 1. The van der Waals surface area contributed by atoms with Crippen molar-refractivity contribution < 1.29 is 9.59 Å². The lowest BCUT2D eigenvalue weighted by atomic mass is 10.2. The molecule has 1 heterocycles. The molecule has 0 spiro atoms. The number of hydrogen-bond acceptors (Lipinski definition) is 4. The first-order chi connectivity index (χ1) is 12.1. The molecule has 132 valence electrons. The highest BCUT2D eigenvalue weighted by Crippen LogP contribution is 2.28. The number of rotatable bonds is 7. The number of nitrogens with zero attached hydrogens (tertiary/aromatic N) is 2. The summed E-state index contributed by atoms with van der Waals surface area (Å²) in [6.45, 7) is 4.34. The fraction of sp³-hybridized carbons (Fsp3) is 0.421. The number of aromatic nitrogens is 1. The van der Waals surface area contributed by atoms with Crippen molar-refractivity contribution in [1.82, 2.24) is 9.88 Å². The van der Waals surface area contributed by atoms with Gasteiger partial charge in [0.1, 0.15) is 4.88 Å². The van der Waals surface area contributed by atoms with E-state index in [1.165, 1.54) is 11.3 Å². The molecular weight excluding hydrogens is 334 g/mol. The smallest absolute Gasteiger partial charge is 0.267 e. The molecule has 1 N–H and O–H groups in total. The van der Waals surface area contributed by atoms with Crippen LogP contribution in [0.1, 0.15) is 53.4 Å². The van der Waals surface area contributed by atoms with Crippen molar-refractivity contribution in [1.29, 1.82) is 0 Å². The number of carbonyl (C=O) groups is 2. The number of benzene rings is 1. The van der Waals surface area contributed by atoms with Crippen molar-refractivity contribution in [3.63, 3.8) is 0 Å². The van der Waals surface area contributed by atoms with Crippen molar-refractivity contribution in [3.05, 3.63) is 45.9 Å². The van der Waals surface area contributed by atoms with E-state index in [-0.39, 0.29) is 11.8 Å². The molecule has 0 aliphatic heterocycles. The van der Waals surface area contributed by atoms with Gasteiger partial charge in [0.05, 0.1) is 11.2 Å². The summed E-state index contributed by atoms with van der Waals surface area (Å²) in [7, 11) is 0. The molecule has 0 unspecified atom stereocenters. The third-order valence-electron chi connectivity index (χ3n) is 4.20. The molecule has 1 fully saturated rings. The summed E-state index contributed by atoms with van der Waals surface area (Å²) in [4.78, 5) is 30.8. The van der Waals surface area contributed by atoms with Gasteiger partial charge in [-0.15, -0.1) is 11.3 Å². The number of amides is 2. The first-order valence-electron chi connectivity index (χ1n) is 8.69. The van der Waals surface area contributed by atoms with Crippen LogP contribution in [0.2, 0.25) is 0 Å². The predicted molar refractivity (Wildman–Crippen MR) is 99.8 cm³/mol. The summed E-state index contributed by atoms with van der Waals surface area (Å²) in [6.07, 6.45) is 5.76. The molecule has 1 saturated carbocycles. The van der Waals surface area contributed by atoms with E-state index >= 15 is 0 Å². The van der Waals surface area contributed by atoms with Crippen LogP contribution in [0, 0.1) is 0 Å². The lowest BCUT2D eigenvalue weighted by Crippen LogP contribution is -2.30. The molecule has 6 heteroatoms. The quantitative estimate of drug-likeness (QED) is 0.818. The van der Waals surface area contributed by atoms with Gasteiger partial charge >= 0.3 is 0 Å². The number of hydrogen-bond donors (Lipinski definition) is 1. The van der Waals surface area contributed by atoms with Gasteiger partial charge in [0.25, 0.3) is 5.91 Å². The van der Waals surface area contributed by atoms with Crippen LogP contribution in [0.25, 0.3) is 0 Å². The maximum atomic E-state index is 12.3. The minimum Gasteiger partial charge on any atom is -0.336 e. The van der Waals surface area contributed by atoms with Crippen LogP contribution in [0.15, 0.2) is 30.5 Å². The van der Waals surface area contributed by atoms with Crippen molar-refractivity contribution in [2.45, 2.75) is 52.1 Å². The summed E-state index contributed by atoms with van der Waals surface area (Å²) < 4.78 is 0. The Labute approximate surface area is 152 Å². The summed E-state index contributed by atoms with van der Waals surface area (Å²) in [5.74, 6) is -0.0103. The summed E-state index contributed by atoms with van der Waals surface area (Å²) in [5.41, 5.74) is 1.82. The highest BCUT2D eigenvalue weighted by atomic mass is 32.1. The number of aryl methyl sites for hydroxylation is 1. The zero-order valence-corrected chi connectivity index (χ0v) is 15.4. The first kappa shape index (κ1) is 17.6. The minimum atomic E-state index is -0.129. The molecule has 0 bridgehead atoms. The molecule has 1 aromatic heterocycles. The second-order valence-electron chi connectivity index (χ2n) is 6.40. The lowest BCUT2D eigenvalue weighted by Gasteiger charge is -2.20. The van der Waals surface area contributed by atoms with Gasteiger partial charge in [-0.1, -0.05) is 19.1 Å². The maximum absolute atomic E-state index is 12.3. The Bertz CT molecular complexity index is 750. The summed E-state index contributed by atoms with van der Waals surface area (Å²) >= 11 is 1.44. The van der Waals surface area contributed by atoms with Crippen molar-refractivity contribution in [2.75, 3.05) is 5.32 Å². The molecule has 1 aliphatic rings. The SMILES string of the molecule is CCCc1ncc(C(=O)Nc2ccc(CN(C(C)=O)C3CC3)cc2)s1. The molecule has 0 atom stereocenters. The fourth-order valence-corrected chi connectivity index (χ4v) is 3.63. The zero-order chi connectivity index (χ0) is 17.8. The largest absolute Gasteiger partial charge is 0.336 e. The van der Waals surface area contributed by atoms with Gasteiger partial charge in [0.15, 0.2) is 0 Å². The fourth-order valence-electron chi connectivity index (χ4n) is 2.71. The van der Waals surface area contributed by atoms with E-state index in [0.717, 1.165) is 41.9 Å². The Hall–Kier alpha value is -2.21. The van der Waals surface area contributed by atoms with Crippen LogP contribution >= 0.6 is 11.3 Å². The Kier molecular flexibility index (Phi) is 5.48. The van der Waals surface area contributed by atoms with Gasteiger partial charge in [-0.2, -0.15) is 0 Å². The second-order valence-corrected chi connectivity index (χ2v) is 7.51. The van der Waals surface area contributed by atoms with Gasteiger partial charge in [0, 0.05) is 25.2 Å². The van der Waals surface area contributed by atoms with E-state index in [4.69, 9.17) is 0 Å². The number of anilines is 1. The average Bonchev–Trinajstić information content (AvgIpc) is 3.32. The van der Waals surface area contributed by atoms with Crippen LogP contribution in [-0.2, 0) is 17.8 Å². The molecular formula is C19H23N3O2S. The second kappa shape index (κ2) is 7.78. The standard InChI is InChI=1S/C19H23N3O2S/c1-3-4-18-20-11-17(25-18)19(24)21-15-7-5-14(6-8-15)12-22(13(2)23)16-9-10-16/h5-8,11,16H,3-4,9-10,12H2,1-2H3,(H,21,24). The van der Waals surface area contributed by atoms with Gasteiger partial charge in [-0.3, -0.25) is 9.59 Å². The average molecular weight is 357 g/mol. The number of nitrogens with one attached hydrogen (secondary N) is 1. The highest BCUT2D eigenvalue weighted by molar-refractivity contribution is 7.13. The lowest BCUT2D eigenvalue weighted by molar-refractivity contribution is -0.130. The van der Waals surface area contributed by atoms with Crippen molar-refractivity contribution >= 4 is 28.8 Å². The third-order valence-corrected chi connectivity index (χ3v) is 5.25. The monoisotopic (exact) mass is 357 g/mol. The normalized spacial score (nSPS) is 13.5. The van der Waals surface area contributed by atoms with Crippen LogP contribution in [-0.4, -0.2) is 27.7 Å². The van der Waals surface area contributed by atoms with Gasteiger partial charge in [-0.05, 0) is 43.4 Å². The van der Waals surface area contributed by atoms with Crippen LogP contribution in [0.4, 0.5) is 5.69 Å². The Morgan fingerprint density at radius 2 is 2.00 bits per heavy atom. The minimum absolute atomic E-state index is 0.118. The molecule has 0 saturated heterocycles. The van der Waals surface area contributed by atoms with E-state index in [9.17, 15) is 9.59 Å². The summed E-state index contributed by atoms with van der Waals surface area (Å²) in [5, 5.41) is 3.90. The predicted octanol–water partition coefficient (Wildman–Crippen LogP) is 3.86. The van der Waals surface area contributed by atoms with E-state index in [2.05, 4.69) is 17.2 Å². The number of carbonyl (C=O) groups excluding carboxylic acids is 2. The molecule has 3 rings (SSSR count). The molecule has 2 amide bonds. The van der Waals surface area contributed by atoms with Crippen LogP contribution in [0.5, 0.6) is 0 Å². The van der Waals surface area contributed by atoms with Gasteiger partial charge in [-0.25, -0.2) is 4.98 Å². The maximum Gasteiger partial charge on any atom is 0.267 e.